The summed E-state index contributed by atoms with van der Waals surface area (Å²) in [5.74, 6) is -0.380. The Bertz CT molecular complexity index is 1150. The van der Waals surface area contributed by atoms with Gasteiger partial charge in [-0.05, 0) is 30.7 Å². The van der Waals surface area contributed by atoms with Gasteiger partial charge in [0.05, 0.1) is 5.92 Å². The SMILES string of the molecule is Cc1[nH]nc2c1C(c1cc(=O)oc3ccc(Cl)cc13)C(C#N)=C(N)O2. The van der Waals surface area contributed by atoms with Crippen LogP contribution in [-0.2, 0) is 0 Å². The number of aromatic nitrogens is 2. The minimum absolute atomic E-state index is 0.0464. The minimum atomic E-state index is -0.613. The van der Waals surface area contributed by atoms with Gasteiger partial charge in [-0.3, -0.25) is 5.10 Å². The third kappa shape index (κ3) is 2.27. The highest BCUT2D eigenvalue weighted by Crippen LogP contribution is 2.44. The largest absolute Gasteiger partial charge is 0.423 e. The first-order valence-corrected chi connectivity index (χ1v) is 7.73. The summed E-state index contributed by atoms with van der Waals surface area (Å²) in [5.41, 5.74) is 7.86. The molecule has 1 aliphatic heterocycles. The van der Waals surface area contributed by atoms with Crippen LogP contribution in [0.15, 0.2) is 44.9 Å². The lowest BCUT2D eigenvalue weighted by Crippen LogP contribution is -2.22. The summed E-state index contributed by atoms with van der Waals surface area (Å²) < 4.78 is 10.7. The zero-order chi connectivity index (χ0) is 17.7. The zero-order valence-corrected chi connectivity index (χ0v) is 13.7. The number of ether oxygens (including phenoxy) is 1. The van der Waals surface area contributed by atoms with E-state index in [-0.39, 0.29) is 17.3 Å². The van der Waals surface area contributed by atoms with E-state index >= 15 is 0 Å². The van der Waals surface area contributed by atoms with Crippen molar-refractivity contribution in [1.29, 1.82) is 5.26 Å². The Hall–Kier alpha value is -3.24. The third-order valence-electron chi connectivity index (χ3n) is 4.18. The van der Waals surface area contributed by atoms with Gasteiger partial charge in [0.2, 0.25) is 11.8 Å². The summed E-state index contributed by atoms with van der Waals surface area (Å²) >= 11 is 6.11. The van der Waals surface area contributed by atoms with Crippen LogP contribution in [0.25, 0.3) is 11.0 Å². The smallest absolute Gasteiger partial charge is 0.336 e. The highest BCUT2D eigenvalue weighted by Gasteiger charge is 2.35. The molecule has 4 rings (SSSR count). The lowest BCUT2D eigenvalue weighted by Gasteiger charge is -2.24. The van der Waals surface area contributed by atoms with Crippen LogP contribution in [-0.4, -0.2) is 10.2 Å². The van der Waals surface area contributed by atoms with Crippen molar-refractivity contribution in [3.8, 4) is 11.9 Å². The number of hydrogen-bond acceptors (Lipinski definition) is 6. The monoisotopic (exact) mass is 354 g/mol. The number of halogens is 1. The molecule has 0 fully saturated rings. The standard InChI is InChI=1S/C17H11ClN4O3/c1-7-14-15(11(6-19)16(20)25-17(14)22-21-7)10-5-13(23)24-12-3-2-8(18)4-9(10)12/h2-5,15H,20H2,1H3,(H,21,22). The fourth-order valence-corrected chi connectivity index (χ4v) is 3.28. The molecule has 3 aromatic rings. The molecule has 124 valence electrons. The van der Waals surface area contributed by atoms with Crippen LogP contribution in [0.4, 0.5) is 0 Å². The average Bonchev–Trinajstić information content (AvgIpc) is 2.94. The molecule has 0 bridgehead atoms. The van der Waals surface area contributed by atoms with Crippen molar-refractivity contribution >= 4 is 22.6 Å². The van der Waals surface area contributed by atoms with E-state index in [9.17, 15) is 10.1 Å². The van der Waals surface area contributed by atoms with Crippen LogP contribution in [0.1, 0.15) is 22.7 Å². The van der Waals surface area contributed by atoms with Gasteiger partial charge in [-0.15, -0.1) is 5.10 Å². The fraction of sp³-hybridized carbons (Fsp3) is 0.118. The molecule has 0 saturated heterocycles. The number of rotatable bonds is 1. The third-order valence-corrected chi connectivity index (χ3v) is 4.41. The van der Waals surface area contributed by atoms with Gasteiger partial charge in [-0.1, -0.05) is 11.6 Å². The first-order chi connectivity index (χ1) is 12.0. The van der Waals surface area contributed by atoms with Gasteiger partial charge in [0.25, 0.3) is 0 Å². The maximum Gasteiger partial charge on any atom is 0.336 e. The van der Waals surface area contributed by atoms with Crippen molar-refractivity contribution in [1.82, 2.24) is 10.2 Å². The van der Waals surface area contributed by atoms with Crippen LogP contribution in [0.2, 0.25) is 5.02 Å². The number of nitrogens with two attached hydrogens (primary N) is 1. The van der Waals surface area contributed by atoms with Gasteiger partial charge in [-0.2, -0.15) is 5.26 Å². The molecule has 0 saturated carbocycles. The second-order valence-corrected chi connectivity index (χ2v) is 6.09. The van der Waals surface area contributed by atoms with Crippen LogP contribution in [0, 0.1) is 18.3 Å². The van der Waals surface area contributed by atoms with E-state index in [0.717, 1.165) is 0 Å². The van der Waals surface area contributed by atoms with Crippen molar-refractivity contribution in [2.45, 2.75) is 12.8 Å². The van der Waals surface area contributed by atoms with Gasteiger partial charge in [-0.25, -0.2) is 4.79 Å². The number of benzene rings is 1. The van der Waals surface area contributed by atoms with Crippen molar-refractivity contribution in [3.63, 3.8) is 0 Å². The molecule has 0 spiro atoms. The maximum absolute atomic E-state index is 12.1. The number of allylic oxidation sites excluding steroid dienone is 1. The summed E-state index contributed by atoms with van der Waals surface area (Å²) in [6.07, 6.45) is 0. The summed E-state index contributed by atoms with van der Waals surface area (Å²) in [5, 5.41) is 17.6. The fourth-order valence-electron chi connectivity index (χ4n) is 3.11. The van der Waals surface area contributed by atoms with E-state index in [2.05, 4.69) is 16.3 Å². The normalized spacial score (nSPS) is 16.4. The Balaban J connectivity index is 2.12. The zero-order valence-electron chi connectivity index (χ0n) is 13.0. The molecule has 25 heavy (non-hydrogen) atoms. The highest BCUT2D eigenvalue weighted by atomic mass is 35.5. The molecule has 0 aliphatic carbocycles. The molecule has 2 aromatic heterocycles. The van der Waals surface area contributed by atoms with Crippen LogP contribution < -0.4 is 16.1 Å². The lowest BCUT2D eigenvalue weighted by atomic mass is 9.83. The Kier molecular flexibility index (Phi) is 3.30. The Morgan fingerprint density at radius 1 is 1.40 bits per heavy atom. The van der Waals surface area contributed by atoms with Crippen LogP contribution in [0.5, 0.6) is 5.88 Å². The molecular formula is C17H11ClN4O3. The van der Waals surface area contributed by atoms with Gasteiger partial charge >= 0.3 is 5.63 Å². The number of hydrogen-bond donors (Lipinski definition) is 2. The number of nitriles is 1. The summed E-state index contributed by atoms with van der Waals surface area (Å²) in [7, 11) is 0. The van der Waals surface area contributed by atoms with Crippen LogP contribution in [0.3, 0.4) is 0 Å². The molecule has 1 atom stereocenters. The van der Waals surface area contributed by atoms with E-state index in [1.807, 2.05) is 0 Å². The number of aromatic amines is 1. The highest BCUT2D eigenvalue weighted by molar-refractivity contribution is 6.31. The van der Waals surface area contributed by atoms with Gasteiger partial charge in [0.15, 0.2) is 0 Å². The van der Waals surface area contributed by atoms with Crippen molar-refractivity contribution in [2.24, 2.45) is 5.73 Å². The summed E-state index contributed by atoms with van der Waals surface area (Å²) in [6, 6.07) is 8.35. The van der Waals surface area contributed by atoms with Gasteiger partial charge in [0.1, 0.15) is 17.2 Å². The second kappa shape index (κ2) is 5.40. The Morgan fingerprint density at radius 2 is 2.20 bits per heavy atom. The second-order valence-electron chi connectivity index (χ2n) is 5.65. The van der Waals surface area contributed by atoms with Crippen LogP contribution >= 0.6 is 11.6 Å². The topological polar surface area (TPSA) is 118 Å². The number of fused-ring (bicyclic) bond motifs is 2. The lowest BCUT2D eigenvalue weighted by molar-refractivity contribution is 0.379. The molecule has 1 aliphatic rings. The molecule has 0 amide bonds. The minimum Gasteiger partial charge on any atom is -0.423 e. The van der Waals surface area contributed by atoms with Gasteiger partial charge < -0.3 is 14.9 Å². The van der Waals surface area contributed by atoms with E-state index in [0.29, 0.717) is 32.8 Å². The molecule has 8 heteroatoms. The summed E-state index contributed by atoms with van der Waals surface area (Å²) in [6.45, 7) is 1.80. The molecule has 1 unspecified atom stereocenters. The quantitative estimate of drug-likeness (QED) is 0.648. The van der Waals surface area contributed by atoms with Crippen molar-refractivity contribution < 1.29 is 9.15 Å². The summed E-state index contributed by atoms with van der Waals surface area (Å²) in [4.78, 5) is 12.1. The maximum atomic E-state index is 12.1. The molecular weight excluding hydrogens is 344 g/mol. The molecule has 3 heterocycles. The van der Waals surface area contributed by atoms with E-state index < -0.39 is 11.5 Å². The van der Waals surface area contributed by atoms with Crippen molar-refractivity contribution in [2.75, 3.05) is 0 Å². The first kappa shape index (κ1) is 15.3. The van der Waals surface area contributed by atoms with E-state index in [4.69, 9.17) is 26.5 Å². The predicted octanol–water partition coefficient (Wildman–Crippen LogP) is 2.70. The van der Waals surface area contributed by atoms with Crippen molar-refractivity contribution in [3.05, 3.63) is 68.0 Å². The van der Waals surface area contributed by atoms with Gasteiger partial charge in [0, 0.05) is 27.7 Å². The number of aryl methyl sites for hydroxylation is 1. The Labute approximate surface area is 146 Å². The molecule has 3 N–H and O–H groups in total. The van der Waals surface area contributed by atoms with E-state index in [1.54, 1.807) is 25.1 Å². The first-order valence-electron chi connectivity index (χ1n) is 7.35. The molecule has 1 aromatic carbocycles. The number of nitrogens with one attached hydrogen (secondary N) is 1. The molecule has 7 nitrogen and oxygen atoms in total. The average molecular weight is 355 g/mol. The number of nitrogens with zero attached hydrogens (tertiary/aromatic N) is 2. The molecule has 0 radical (unpaired) electrons. The predicted molar refractivity (Wildman–Crippen MR) is 90.1 cm³/mol. The Morgan fingerprint density at radius 3 is 2.96 bits per heavy atom. The number of H-pyrrole nitrogens is 1. The van der Waals surface area contributed by atoms with E-state index in [1.165, 1.54) is 6.07 Å².